The highest BCUT2D eigenvalue weighted by Gasteiger charge is 2.39. The number of aliphatic carboxylic acids is 1. The van der Waals surface area contributed by atoms with Crippen molar-refractivity contribution >= 4 is 23.6 Å². The average molecular weight is 426 g/mol. The highest BCUT2D eigenvalue weighted by molar-refractivity contribution is 5.87. The van der Waals surface area contributed by atoms with Gasteiger partial charge in [-0.05, 0) is 43.0 Å². The Balaban J connectivity index is 2.53. The van der Waals surface area contributed by atoms with E-state index in [0.29, 0.717) is 18.4 Å². The number of rotatable bonds is 8. The number of ether oxygens (including phenoxy) is 1. The number of allylic oxidation sites excluding steroid dienone is 1. The fourth-order valence-electron chi connectivity index (χ4n) is 3.61. The molecule has 1 aliphatic rings. The van der Waals surface area contributed by atoms with Gasteiger partial charge >= 0.3 is 12.3 Å². The number of hydrogen-bond acceptors (Lipinski definition) is 4. The second kappa shape index (κ2) is 9.23. The van der Waals surface area contributed by atoms with Crippen LogP contribution in [0.4, 0.5) is 13.2 Å². The third kappa shape index (κ3) is 5.34. The summed E-state index contributed by atoms with van der Waals surface area (Å²) in [7, 11) is 0. The molecule has 0 radical (unpaired) electrons. The van der Waals surface area contributed by atoms with Crippen LogP contribution >= 0.6 is 0 Å². The van der Waals surface area contributed by atoms with Crippen molar-refractivity contribution in [2.45, 2.75) is 45.5 Å². The van der Waals surface area contributed by atoms with Crippen LogP contribution in [0.1, 0.15) is 43.4 Å². The van der Waals surface area contributed by atoms with Crippen molar-refractivity contribution in [2.75, 3.05) is 6.54 Å². The lowest BCUT2D eigenvalue weighted by molar-refractivity contribution is -0.274. The summed E-state index contributed by atoms with van der Waals surface area (Å²) in [6.07, 6.45) is -0.952. The van der Waals surface area contributed by atoms with Crippen LogP contribution in [-0.2, 0) is 16.0 Å². The van der Waals surface area contributed by atoms with Crippen LogP contribution in [0.2, 0.25) is 0 Å². The molecule has 2 rings (SSSR count). The van der Waals surface area contributed by atoms with Gasteiger partial charge in [-0.1, -0.05) is 25.7 Å². The molecule has 1 fully saturated rings. The zero-order chi connectivity index (χ0) is 22.6. The number of carboxylic acid groups (broad SMARTS) is 1. The summed E-state index contributed by atoms with van der Waals surface area (Å²) in [5.41, 5.74) is 6.47. The van der Waals surface area contributed by atoms with Crippen LogP contribution in [0.5, 0.6) is 5.75 Å². The van der Waals surface area contributed by atoms with E-state index in [1.54, 1.807) is 19.1 Å². The first-order chi connectivity index (χ1) is 14.0. The normalized spacial score (nSPS) is 18.1. The number of carbonyl (C=O) groups excluding carboxylic acids is 1. The van der Waals surface area contributed by atoms with Crippen LogP contribution in [0, 0.1) is 5.92 Å². The van der Waals surface area contributed by atoms with Gasteiger partial charge in [-0.15, -0.1) is 13.2 Å². The van der Waals surface area contributed by atoms with E-state index in [2.05, 4.69) is 11.3 Å². The van der Waals surface area contributed by atoms with E-state index in [4.69, 9.17) is 5.73 Å². The number of alkyl halides is 3. The van der Waals surface area contributed by atoms with Crippen LogP contribution < -0.4 is 10.5 Å². The fourth-order valence-corrected chi connectivity index (χ4v) is 3.61. The van der Waals surface area contributed by atoms with E-state index >= 15 is 0 Å². The quantitative estimate of drug-likeness (QED) is 0.660. The van der Waals surface area contributed by atoms with Crippen LogP contribution in [0.15, 0.2) is 24.8 Å². The molecule has 9 heteroatoms. The lowest BCUT2D eigenvalue weighted by atomic mass is 9.96. The maximum Gasteiger partial charge on any atom is 0.573 e. The Morgan fingerprint density at radius 3 is 2.60 bits per heavy atom. The van der Waals surface area contributed by atoms with Crippen molar-refractivity contribution in [2.24, 2.45) is 11.7 Å². The molecule has 0 bridgehead atoms. The summed E-state index contributed by atoms with van der Waals surface area (Å²) in [6.45, 7) is 7.37. The number of hydrogen-bond donors (Lipinski definition) is 2. The Morgan fingerprint density at radius 2 is 2.13 bits per heavy atom. The molecule has 1 amide bonds. The molecule has 1 aliphatic heterocycles. The summed E-state index contributed by atoms with van der Waals surface area (Å²) in [5.74, 6) is -2.44. The monoisotopic (exact) mass is 426 g/mol. The van der Waals surface area contributed by atoms with E-state index in [0.717, 1.165) is 6.07 Å². The number of amides is 1. The van der Waals surface area contributed by atoms with Gasteiger partial charge in [0, 0.05) is 30.1 Å². The third-order valence-electron chi connectivity index (χ3n) is 5.07. The third-order valence-corrected chi connectivity index (χ3v) is 5.07. The predicted octanol–water partition coefficient (Wildman–Crippen LogP) is 3.80. The van der Waals surface area contributed by atoms with Crippen molar-refractivity contribution in [3.63, 3.8) is 0 Å². The molecule has 1 saturated heterocycles. The molecule has 0 spiro atoms. The number of carboxylic acids is 1. The van der Waals surface area contributed by atoms with Gasteiger partial charge in [0.15, 0.2) is 0 Å². The second-order valence-corrected chi connectivity index (χ2v) is 7.10. The summed E-state index contributed by atoms with van der Waals surface area (Å²) < 4.78 is 43.1. The standard InChI is InChI=1S/C21H25F3N2O4/c1-4-6-14-9-15(18(30-21(22,23)24)11-16(14)12(3)25)10-17(20(28)29)26-8-7-13(5-2)19(26)27/h4,6,9,11,13,17H,3,5,7-8,10,25H2,1-2H3,(H,28,29)/b6-4-. The Labute approximate surface area is 172 Å². The number of benzene rings is 1. The molecule has 0 aliphatic carbocycles. The smallest absolute Gasteiger partial charge is 0.480 e. The number of nitrogens with two attached hydrogens (primary N) is 1. The number of nitrogens with zero attached hydrogens (tertiary/aromatic N) is 1. The molecule has 3 N–H and O–H groups in total. The van der Waals surface area contributed by atoms with E-state index in [1.165, 1.54) is 11.0 Å². The summed E-state index contributed by atoms with van der Waals surface area (Å²) in [5, 5.41) is 9.71. The molecule has 1 aromatic carbocycles. The lowest BCUT2D eigenvalue weighted by Crippen LogP contribution is -2.44. The first kappa shape index (κ1) is 23.3. The Morgan fingerprint density at radius 1 is 1.47 bits per heavy atom. The Bertz CT molecular complexity index is 865. The topological polar surface area (TPSA) is 92.9 Å². The molecular formula is C21H25F3N2O4. The number of likely N-dealkylation sites (tertiary alicyclic amines) is 1. The van der Waals surface area contributed by atoms with Crippen molar-refractivity contribution < 1.29 is 32.6 Å². The molecular weight excluding hydrogens is 401 g/mol. The van der Waals surface area contributed by atoms with Crippen molar-refractivity contribution in [3.05, 3.63) is 41.5 Å². The maximum atomic E-state index is 13.0. The van der Waals surface area contributed by atoms with Gasteiger partial charge in [-0.25, -0.2) is 4.79 Å². The molecule has 0 saturated carbocycles. The maximum absolute atomic E-state index is 13.0. The molecule has 30 heavy (non-hydrogen) atoms. The Hall–Kier alpha value is -2.97. The second-order valence-electron chi connectivity index (χ2n) is 7.10. The number of halogens is 3. The van der Waals surface area contributed by atoms with Crippen molar-refractivity contribution in [1.82, 2.24) is 4.90 Å². The summed E-state index contributed by atoms with van der Waals surface area (Å²) in [6, 6.07) is 1.18. The van der Waals surface area contributed by atoms with Gasteiger partial charge in [-0.2, -0.15) is 0 Å². The van der Waals surface area contributed by atoms with Gasteiger partial charge < -0.3 is 20.5 Å². The minimum atomic E-state index is -4.99. The lowest BCUT2D eigenvalue weighted by Gasteiger charge is -2.26. The molecule has 6 nitrogen and oxygen atoms in total. The first-order valence-corrected chi connectivity index (χ1v) is 9.51. The zero-order valence-electron chi connectivity index (χ0n) is 16.8. The Kier molecular flexibility index (Phi) is 7.17. The first-order valence-electron chi connectivity index (χ1n) is 9.51. The zero-order valence-corrected chi connectivity index (χ0v) is 16.8. The molecule has 2 unspecified atom stereocenters. The largest absolute Gasteiger partial charge is 0.573 e. The van der Waals surface area contributed by atoms with E-state index in [9.17, 15) is 27.9 Å². The van der Waals surface area contributed by atoms with Crippen LogP contribution in [0.25, 0.3) is 11.8 Å². The molecule has 1 heterocycles. The minimum Gasteiger partial charge on any atom is -0.480 e. The summed E-state index contributed by atoms with van der Waals surface area (Å²) in [4.78, 5) is 25.6. The van der Waals surface area contributed by atoms with Crippen molar-refractivity contribution in [1.29, 1.82) is 0 Å². The molecule has 0 aromatic heterocycles. The predicted molar refractivity (Wildman–Crippen MR) is 106 cm³/mol. The molecule has 2 atom stereocenters. The van der Waals surface area contributed by atoms with Crippen molar-refractivity contribution in [3.8, 4) is 5.75 Å². The van der Waals surface area contributed by atoms with Gasteiger partial charge in [0.25, 0.3) is 0 Å². The van der Waals surface area contributed by atoms with Crippen LogP contribution in [0.3, 0.4) is 0 Å². The molecule has 164 valence electrons. The average Bonchev–Trinajstić information content (AvgIpc) is 3.00. The molecule has 1 aromatic rings. The van der Waals surface area contributed by atoms with Crippen LogP contribution in [-0.4, -0.2) is 40.8 Å². The highest BCUT2D eigenvalue weighted by Crippen LogP contribution is 2.34. The highest BCUT2D eigenvalue weighted by atomic mass is 19.4. The van der Waals surface area contributed by atoms with Gasteiger partial charge in [0.05, 0.1) is 0 Å². The summed E-state index contributed by atoms with van der Waals surface area (Å²) >= 11 is 0. The van der Waals surface area contributed by atoms with E-state index < -0.39 is 24.1 Å². The SMILES string of the molecule is C=C(N)c1cc(OC(F)(F)F)c(CC(C(=O)O)N2CCC(CC)C2=O)cc1/C=C\C. The van der Waals surface area contributed by atoms with E-state index in [-0.39, 0.29) is 41.6 Å². The van der Waals surface area contributed by atoms with E-state index in [1.807, 2.05) is 6.92 Å². The fraction of sp³-hybridized carbons (Fsp3) is 0.429. The van der Waals surface area contributed by atoms with Gasteiger partial charge in [0.1, 0.15) is 11.8 Å². The number of carbonyl (C=O) groups is 2. The minimum absolute atomic E-state index is 0.00516. The van der Waals surface area contributed by atoms with Gasteiger partial charge in [-0.3, -0.25) is 4.79 Å². The van der Waals surface area contributed by atoms with Gasteiger partial charge in [0.2, 0.25) is 5.91 Å².